The monoisotopic (exact) mass is 519 g/mol. The lowest BCUT2D eigenvalue weighted by Crippen LogP contribution is -2.52. The van der Waals surface area contributed by atoms with Crippen LogP contribution in [0, 0.1) is 23.7 Å². The minimum Gasteiger partial charge on any atom is -0.444 e. The molecule has 1 saturated heterocycles. The van der Waals surface area contributed by atoms with Crippen LogP contribution in [0.4, 0.5) is 4.79 Å². The molecule has 8 nitrogen and oxygen atoms in total. The van der Waals surface area contributed by atoms with Crippen molar-refractivity contribution >= 4 is 22.0 Å². The number of hydrogen-bond donors (Lipinski definition) is 1. The Labute approximate surface area is 215 Å². The van der Waals surface area contributed by atoms with Crippen LogP contribution in [-0.2, 0) is 14.8 Å². The highest BCUT2D eigenvalue weighted by atomic mass is 32.2. The van der Waals surface area contributed by atoms with E-state index < -0.39 is 21.7 Å². The predicted molar refractivity (Wildman–Crippen MR) is 138 cm³/mol. The van der Waals surface area contributed by atoms with Crippen molar-refractivity contribution in [2.24, 2.45) is 16.7 Å². The smallest absolute Gasteiger partial charge is 0.410 e. The lowest BCUT2D eigenvalue weighted by Gasteiger charge is -2.43. The summed E-state index contributed by atoms with van der Waals surface area (Å²) in [5.74, 6) is 0.370. The van der Waals surface area contributed by atoms with Gasteiger partial charge in [0.1, 0.15) is 5.60 Å². The van der Waals surface area contributed by atoms with Crippen molar-refractivity contribution in [3.63, 3.8) is 0 Å². The topological polar surface area (TPSA) is 96.0 Å². The van der Waals surface area contributed by atoms with Crippen molar-refractivity contribution < 1.29 is 22.7 Å². The highest BCUT2D eigenvalue weighted by Crippen LogP contribution is 2.62. The highest BCUT2D eigenvalue weighted by Gasteiger charge is 2.59. The van der Waals surface area contributed by atoms with Crippen molar-refractivity contribution in [1.82, 2.24) is 14.5 Å². The Hall–Kier alpha value is -2.13. The number of benzene rings is 1. The van der Waals surface area contributed by atoms with Crippen LogP contribution in [0.3, 0.4) is 0 Å². The molecule has 1 heterocycles. The van der Waals surface area contributed by atoms with Crippen molar-refractivity contribution in [3.05, 3.63) is 29.3 Å². The van der Waals surface area contributed by atoms with Gasteiger partial charge in [0.05, 0.1) is 4.90 Å². The molecule has 0 aromatic heterocycles. The number of hydrogen-bond acceptors (Lipinski definition) is 5. The molecule has 1 aliphatic heterocycles. The SMILES string of the molecule is Cc1ccc(C(=O)NC2C(C)(C)[C@H]3CC[C@@]2(C)C3)cc1S(=O)(=O)N1CCN(C(=O)OC(C)(C)C)CC1. The molecule has 3 aliphatic rings. The zero-order valence-electron chi connectivity index (χ0n) is 22.7. The van der Waals surface area contributed by atoms with Gasteiger partial charge in [-0.15, -0.1) is 0 Å². The van der Waals surface area contributed by atoms with Gasteiger partial charge in [-0.3, -0.25) is 4.79 Å². The fourth-order valence-corrected chi connectivity index (χ4v) is 8.15. The molecule has 3 fully saturated rings. The van der Waals surface area contributed by atoms with Gasteiger partial charge >= 0.3 is 6.09 Å². The number of aryl methyl sites for hydroxylation is 1. The minimum absolute atomic E-state index is 0.01000. The van der Waals surface area contributed by atoms with E-state index in [2.05, 4.69) is 26.1 Å². The van der Waals surface area contributed by atoms with Crippen molar-refractivity contribution in [2.45, 2.75) is 84.3 Å². The largest absolute Gasteiger partial charge is 0.444 e. The second-order valence-electron chi connectivity index (χ2n) is 12.7. The summed E-state index contributed by atoms with van der Waals surface area (Å²) in [6, 6.07) is 4.96. The van der Waals surface area contributed by atoms with E-state index in [1.807, 2.05) is 0 Å². The van der Waals surface area contributed by atoms with Crippen LogP contribution in [0.1, 0.15) is 76.7 Å². The van der Waals surface area contributed by atoms with Crippen LogP contribution >= 0.6 is 0 Å². The molecule has 36 heavy (non-hydrogen) atoms. The molecule has 9 heteroatoms. The van der Waals surface area contributed by atoms with Crippen LogP contribution in [-0.4, -0.2) is 67.4 Å². The fourth-order valence-electron chi connectivity index (χ4n) is 6.47. The molecule has 0 spiro atoms. The maximum atomic E-state index is 13.6. The van der Waals surface area contributed by atoms with E-state index in [0.29, 0.717) is 17.0 Å². The number of carbonyl (C=O) groups excluding carboxylic acids is 2. The maximum absolute atomic E-state index is 13.6. The number of nitrogens with zero attached hydrogens (tertiary/aromatic N) is 2. The molecule has 1 N–H and O–H groups in total. The van der Waals surface area contributed by atoms with Crippen LogP contribution in [0.5, 0.6) is 0 Å². The van der Waals surface area contributed by atoms with Gasteiger partial charge in [-0.1, -0.05) is 26.8 Å². The Kier molecular flexibility index (Phi) is 6.74. The first kappa shape index (κ1) is 26.9. The number of piperazine rings is 1. The third-order valence-corrected chi connectivity index (χ3v) is 10.5. The standard InChI is InChI=1S/C27H41N3O5S/c1-18-8-9-19(22(31)28-23-26(5,6)20-10-11-27(23,7)17-20)16-21(18)36(33,34)30-14-12-29(13-15-30)24(32)35-25(2,3)4/h8-9,16,20,23H,10-15,17H2,1-7H3,(H,28,31)/t20-,23?,27-/m0/s1. The van der Waals surface area contributed by atoms with E-state index in [1.165, 1.54) is 21.7 Å². The summed E-state index contributed by atoms with van der Waals surface area (Å²) in [7, 11) is -3.83. The molecule has 2 aliphatic carbocycles. The number of fused-ring (bicyclic) bond motifs is 2. The van der Waals surface area contributed by atoms with Crippen LogP contribution in [0.2, 0.25) is 0 Å². The van der Waals surface area contributed by atoms with Crippen molar-refractivity contribution in [1.29, 1.82) is 0 Å². The molecule has 1 aromatic carbocycles. The van der Waals surface area contributed by atoms with Gasteiger partial charge in [-0.2, -0.15) is 4.31 Å². The van der Waals surface area contributed by atoms with Gasteiger partial charge in [-0.25, -0.2) is 13.2 Å². The maximum Gasteiger partial charge on any atom is 0.410 e. The van der Waals surface area contributed by atoms with E-state index in [1.54, 1.807) is 39.8 Å². The molecular weight excluding hydrogens is 478 g/mol. The first-order valence-electron chi connectivity index (χ1n) is 12.9. The third-order valence-electron chi connectivity index (χ3n) is 8.50. The minimum atomic E-state index is -3.83. The molecule has 200 valence electrons. The number of nitrogens with one attached hydrogen (secondary N) is 1. The normalized spacial score (nSPS) is 28.2. The summed E-state index contributed by atoms with van der Waals surface area (Å²) in [6.07, 6.45) is 2.98. The second-order valence-corrected chi connectivity index (χ2v) is 14.6. The number of carbonyl (C=O) groups is 2. The number of sulfonamides is 1. The van der Waals surface area contributed by atoms with E-state index in [-0.39, 0.29) is 53.9 Å². The van der Waals surface area contributed by atoms with Crippen LogP contribution < -0.4 is 5.32 Å². The summed E-state index contributed by atoms with van der Waals surface area (Å²) in [5, 5.41) is 3.27. The summed E-state index contributed by atoms with van der Waals surface area (Å²) < 4.78 is 33.9. The Morgan fingerprint density at radius 3 is 2.28 bits per heavy atom. The molecule has 3 atom stereocenters. The Balaban J connectivity index is 1.48. The average Bonchev–Trinajstić information content (AvgIpc) is 3.26. The molecule has 2 bridgehead atoms. The van der Waals surface area contributed by atoms with Gasteiger partial charge in [0.15, 0.2) is 0 Å². The molecule has 2 amide bonds. The fraction of sp³-hybridized carbons (Fsp3) is 0.704. The number of amides is 2. The molecule has 2 saturated carbocycles. The van der Waals surface area contributed by atoms with E-state index in [9.17, 15) is 18.0 Å². The first-order chi connectivity index (χ1) is 16.5. The molecule has 1 unspecified atom stereocenters. The van der Waals surface area contributed by atoms with Gasteiger partial charge < -0.3 is 15.0 Å². The third kappa shape index (κ3) is 4.88. The second kappa shape index (κ2) is 9.01. The number of ether oxygens (including phenoxy) is 1. The van der Waals surface area contributed by atoms with Gasteiger partial charge in [0.2, 0.25) is 10.0 Å². The lowest BCUT2D eigenvalue weighted by atomic mass is 9.68. The summed E-state index contributed by atoms with van der Waals surface area (Å²) in [4.78, 5) is 27.4. The Morgan fingerprint density at radius 2 is 1.72 bits per heavy atom. The first-order valence-corrected chi connectivity index (χ1v) is 14.4. The van der Waals surface area contributed by atoms with E-state index in [0.717, 1.165) is 12.8 Å². The van der Waals surface area contributed by atoms with Gasteiger partial charge in [0, 0.05) is 37.8 Å². The van der Waals surface area contributed by atoms with E-state index >= 15 is 0 Å². The summed E-state index contributed by atoms with van der Waals surface area (Å²) in [5.41, 5.74) is 0.429. The zero-order chi connectivity index (χ0) is 26.7. The quantitative estimate of drug-likeness (QED) is 0.644. The highest BCUT2D eigenvalue weighted by molar-refractivity contribution is 7.89. The molecule has 1 aromatic rings. The van der Waals surface area contributed by atoms with Gasteiger partial charge in [0.25, 0.3) is 5.91 Å². The molecule has 4 rings (SSSR count). The van der Waals surface area contributed by atoms with Crippen LogP contribution in [0.15, 0.2) is 23.1 Å². The number of rotatable bonds is 4. The average molecular weight is 520 g/mol. The van der Waals surface area contributed by atoms with Crippen LogP contribution in [0.25, 0.3) is 0 Å². The Morgan fingerprint density at radius 1 is 1.08 bits per heavy atom. The van der Waals surface area contributed by atoms with Gasteiger partial charge in [-0.05, 0) is 81.4 Å². The van der Waals surface area contributed by atoms with Crippen molar-refractivity contribution in [2.75, 3.05) is 26.2 Å². The molecular formula is C27H41N3O5S. The van der Waals surface area contributed by atoms with Crippen molar-refractivity contribution in [3.8, 4) is 0 Å². The zero-order valence-corrected chi connectivity index (χ0v) is 23.5. The van der Waals surface area contributed by atoms with E-state index in [4.69, 9.17) is 4.74 Å². The predicted octanol–water partition coefficient (Wildman–Crippen LogP) is 4.18. The summed E-state index contributed by atoms with van der Waals surface area (Å²) in [6.45, 7) is 14.7. The molecule has 0 radical (unpaired) electrons. The Bertz CT molecular complexity index is 1140. The summed E-state index contributed by atoms with van der Waals surface area (Å²) >= 11 is 0. The lowest BCUT2D eigenvalue weighted by molar-refractivity contribution is 0.0192.